The minimum atomic E-state index is -1.36. The number of carbonyl (C=O) groups excluding carboxylic acids is 1. The Morgan fingerprint density at radius 3 is 2.44 bits per heavy atom. The lowest BCUT2D eigenvalue weighted by Gasteiger charge is -2.21. The third-order valence-electron chi connectivity index (χ3n) is 3.74. The summed E-state index contributed by atoms with van der Waals surface area (Å²) < 4.78 is 15.8. The van der Waals surface area contributed by atoms with Crippen LogP contribution in [0, 0.1) is 12.3 Å². The van der Waals surface area contributed by atoms with Crippen molar-refractivity contribution in [1.82, 2.24) is 10.9 Å². The Labute approximate surface area is 158 Å². The van der Waals surface area contributed by atoms with Crippen LogP contribution in [0.15, 0.2) is 48.5 Å². The molecule has 0 radical (unpaired) electrons. The molecule has 7 heteroatoms. The molecule has 142 valence electrons. The lowest BCUT2D eigenvalue weighted by molar-refractivity contribution is -0.132. The van der Waals surface area contributed by atoms with Crippen LogP contribution < -0.4 is 20.3 Å². The standard InChI is InChI=1S/C20H22N2O5/c1-4-12-27-20(15-6-5-7-17(13-15)26-3)22-21-19(24)18(23)14-8-10-16(25-2)11-9-14/h1,5-11,13,18,20,22-23H,12H2,2-3H3,(H,21,24). The van der Waals surface area contributed by atoms with E-state index in [9.17, 15) is 9.90 Å². The Morgan fingerprint density at radius 1 is 1.11 bits per heavy atom. The number of aliphatic hydroxyl groups excluding tert-OH is 1. The minimum absolute atomic E-state index is 0.0335. The van der Waals surface area contributed by atoms with E-state index >= 15 is 0 Å². The predicted octanol–water partition coefficient (Wildman–Crippen LogP) is 1.71. The molecule has 0 saturated heterocycles. The van der Waals surface area contributed by atoms with Gasteiger partial charge in [0.05, 0.1) is 14.2 Å². The van der Waals surface area contributed by atoms with E-state index in [0.29, 0.717) is 22.6 Å². The summed E-state index contributed by atoms with van der Waals surface area (Å²) in [5.74, 6) is 3.00. The van der Waals surface area contributed by atoms with Crippen LogP contribution >= 0.6 is 0 Å². The highest BCUT2D eigenvalue weighted by atomic mass is 16.5. The highest BCUT2D eigenvalue weighted by Gasteiger charge is 2.20. The third-order valence-corrected chi connectivity index (χ3v) is 3.74. The Bertz CT molecular complexity index is 786. The van der Waals surface area contributed by atoms with Crippen molar-refractivity contribution in [3.63, 3.8) is 0 Å². The first-order valence-electron chi connectivity index (χ1n) is 8.15. The Hall–Kier alpha value is -3.05. The molecule has 0 aromatic heterocycles. The summed E-state index contributed by atoms with van der Waals surface area (Å²) >= 11 is 0. The van der Waals surface area contributed by atoms with Gasteiger partial charge in [0, 0.05) is 5.56 Å². The van der Waals surface area contributed by atoms with Gasteiger partial charge in [-0.25, -0.2) is 5.43 Å². The molecule has 2 rings (SSSR count). The fraction of sp³-hybridized carbons (Fsp3) is 0.250. The smallest absolute Gasteiger partial charge is 0.267 e. The van der Waals surface area contributed by atoms with E-state index in [0.717, 1.165) is 0 Å². The number of benzene rings is 2. The van der Waals surface area contributed by atoms with Gasteiger partial charge in [-0.3, -0.25) is 10.2 Å². The van der Waals surface area contributed by atoms with Crippen LogP contribution in [0.5, 0.6) is 11.5 Å². The molecule has 2 unspecified atom stereocenters. The van der Waals surface area contributed by atoms with Crippen molar-refractivity contribution in [3.05, 3.63) is 59.7 Å². The summed E-state index contributed by atoms with van der Waals surface area (Å²) in [5.41, 5.74) is 6.31. The zero-order valence-corrected chi connectivity index (χ0v) is 15.1. The number of aliphatic hydroxyl groups is 1. The van der Waals surface area contributed by atoms with Crippen LogP contribution in [0.1, 0.15) is 23.5 Å². The number of hydrogen-bond donors (Lipinski definition) is 3. The monoisotopic (exact) mass is 370 g/mol. The number of nitrogens with one attached hydrogen (secondary N) is 2. The molecule has 1 amide bonds. The number of hydrazine groups is 1. The first-order chi connectivity index (χ1) is 13.1. The van der Waals surface area contributed by atoms with Crippen molar-refractivity contribution < 1.29 is 24.1 Å². The van der Waals surface area contributed by atoms with Gasteiger partial charge in [0.25, 0.3) is 5.91 Å². The number of ether oxygens (including phenoxy) is 3. The second-order valence-corrected chi connectivity index (χ2v) is 5.48. The molecule has 27 heavy (non-hydrogen) atoms. The van der Waals surface area contributed by atoms with Gasteiger partial charge in [0.15, 0.2) is 12.3 Å². The first kappa shape index (κ1) is 20.3. The van der Waals surface area contributed by atoms with E-state index < -0.39 is 18.2 Å². The molecule has 0 aliphatic heterocycles. The summed E-state index contributed by atoms with van der Waals surface area (Å²) in [7, 11) is 3.09. The molecule has 0 fully saturated rings. The molecular weight excluding hydrogens is 348 g/mol. The number of carbonyl (C=O) groups is 1. The number of rotatable bonds is 9. The zero-order valence-electron chi connectivity index (χ0n) is 15.1. The molecule has 2 aromatic carbocycles. The van der Waals surface area contributed by atoms with Gasteiger partial charge in [-0.05, 0) is 29.8 Å². The number of methoxy groups -OCH3 is 2. The van der Waals surface area contributed by atoms with E-state index in [1.54, 1.807) is 55.6 Å². The SMILES string of the molecule is C#CCOC(NNC(=O)C(O)c1ccc(OC)cc1)c1cccc(OC)c1. The van der Waals surface area contributed by atoms with E-state index in [1.807, 2.05) is 0 Å². The molecule has 0 aliphatic carbocycles. The van der Waals surface area contributed by atoms with E-state index in [1.165, 1.54) is 7.11 Å². The molecule has 0 spiro atoms. The average Bonchev–Trinajstić information content (AvgIpc) is 2.73. The van der Waals surface area contributed by atoms with Gasteiger partial charge in [0.1, 0.15) is 18.1 Å². The average molecular weight is 370 g/mol. The molecule has 7 nitrogen and oxygen atoms in total. The quantitative estimate of drug-likeness (QED) is 0.354. The van der Waals surface area contributed by atoms with Crippen molar-refractivity contribution in [2.24, 2.45) is 0 Å². The predicted molar refractivity (Wildman–Crippen MR) is 99.8 cm³/mol. The molecule has 0 aliphatic rings. The van der Waals surface area contributed by atoms with E-state index in [-0.39, 0.29) is 6.61 Å². The van der Waals surface area contributed by atoms with Gasteiger partial charge >= 0.3 is 0 Å². The fourth-order valence-electron chi connectivity index (χ4n) is 2.30. The molecular formula is C20H22N2O5. The van der Waals surface area contributed by atoms with Crippen LogP contribution in [0.2, 0.25) is 0 Å². The summed E-state index contributed by atoms with van der Waals surface area (Å²) in [6.45, 7) is 0.0335. The Kier molecular flexibility index (Phi) is 7.64. The molecule has 3 N–H and O–H groups in total. The lowest BCUT2D eigenvalue weighted by atomic mass is 10.1. The van der Waals surface area contributed by atoms with Crippen molar-refractivity contribution >= 4 is 5.91 Å². The number of amides is 1. The van der Waals surface area contributed by atoms with Crippen LogP contribution in [0.3, 0.4) is 0 Å². The highest BCUT2D eigenvalue weighted by molar-refractivity contribution is 5.81. The van der Waals surface area contributed by atoms with Crippen molar-refractivity contribution in [1.29, 1.82) is 0 Å². The zero-order chi connectivity index (χ0) is 19.6. The van der Waals surface area contributed by atoms with Crippen molar-refractivity contribution in [2.45, 2.75) is 12.3 Å². The molecule has 2 atom stereocenters. The Morgan fingerprint density at radius 2 is 1.81 bits per heavy atom. The van der Waals surface area contributed by atoms with Gasteiger partial charge < -0.3 is 19.3 Å². The van der Waals surface area contributed by atoms with Gasteiger partial charge in [-0.1, -0.05) is 30.2 Å². The van der Waals surface area contributed by atoms with Crippen LogP contribution in [0.25, 0.3) is 0 Å². The lowest BCUT2D eigenvalue weighted by Crippen LogP contribution is -2.43. The molecule has 0 saturated carbocycles. The first-order valence-corrected chi connectivity index (χ1v) is 8.15. The summed E-state index contributed by atoms with van der Waals surface area (Å²) in [5, 5.41) is 10.2. The molecule has 0 heterocycles. The molecule has 2 aromatic rings. The highest BCUT2D eigenvalue weighted by Crippen LogP contribution is 2.20. The Balaban J connectivity index is 2.04. The van der Waals surface area contributed by atoms with E-state index in [4.69, 9.17) is 20.6 Å². The fourth-order valence-corrected chi connectivity index (χ4v) is 2.30. The topological polar surface area (TPSA) is 89.1 Å². The number of terminal acetylenes is 1. The maximum absolute atomic E-state index is 12.3. The summed E-state index contributed by atoms with van der Waals surface area (Å²) in [6, 6.07) is 13.7. The van der Waals surface area contributed by atoms with Gasteiger partial charge in [-0.2, -0.15) is 0 Å². The normalized spacial score (nSPS) is 12.5. The van der Waals surface area contributed by atoms with Crippen LogP contribution in [-0.2, 0) is 9.53 Å². The van der Waals surface area contributed by atoms with Gasteiger partial charge in [-0.15, -0.1) is 6.42 Å². The van der Waals surface area contributed by atoms with Crippen molar-refractivity contribution in [2.75, 3.05) is 20.8 Å². The van der Waals surface area contributed by atoms with Crippen molar-refractivity contribution in [3.8, 4) is 23.8 Å². The summed E-state index contributed by atoms with van der Waals surface area (Å²) in [4.78, 5) is 12.3. The number of hydrogen-bond acceptors (Lipinski definition) is 6. The summed E-state index contributed by atoms with van der Waals surface area (Å²) in [6.07, 6.45) is 3.17. The second kappa shape index (κ2) is 10.2. The van der Waals surface area contributed by atoms with Crippen LogP contribution in [-0.4, -0.2) is 31.8 Å². The maximum atomic E-state index is 12.3. The van der Waals surface area contributed by atoms with Crippen LogP contribution in [0.4, 0.5) is 0 Å². The van der Waals surface area contributed by atoms with Gasteiger partial charge in [0.2, 0.25) is 0 Å². The van der Waals surface area contributed by atoms with E-state index in [2.05, 4.69) is 16.8 Å². The third kappa shape index (κ3) is 5.72. The second-order valence-electron chi connectivity index (χ2n) is 5.48. The molecule has 0 bridgehead atoms. The maximum Gasteiger partial charge on any atom is 0.267 e. The minimum Gasteiger partial charge on any atom is -0.497 e. The largest absolute Gasteiger partial charge is 0.497 e.